The van der Waals surface area contributed by atoms with E-state index in [0.29, 0.717) is 33.4 Å². The van der Waals surface area contributed by atoms with E-state index in [1.165, 1.54) is 18.7 Å². The lowest BCUT2D eigenvalue weighted by Gasteiger charge is -2.27. The number of allylic oxidation sites excluding steroid dienone is 1. The van der Waals surface area contributed by atoms with Crippen LogP contribution in [0.3, 0.4) is 0 Å². The highest BCUT2D eigenvalue weighted by Crippen LogP contribution is 2.42. The monoisotopic (exact) mass is 454 g/mol. The predicted octanol–water partition coefficient (Wildman–Crippen LogP) is 1.50. The third kappa shape index (κ3) is 3.93. The maximum atomic E-state index is 11.0. The minimum Gasteiger partial charge on any atom is -0.484 e. The zero-order chi connectivity index (χ0) is 22.2. The second kappa shape index (κ2) is 8.77. The van der Waals surface area contributed by atoms with Crippen molar-refractivity contribution in [2.24, 2.45) is 0 Å². The number of nitrogens with zero attached hydrogens (tertiary/aromatic N) is 3. The number of nitrogen functional groups attached to an aromatic ring is 1. The summed E-state index contributed by atoms with van der Waals surface area (Å²) < 4.78 is 12.8. The van der Waals surface area contributed by atoms with Gasteiger partial charge in [-0.1, -0.05) is 11.8 Å². The Morgan fingerprint density at radius 1 is 1.50 bits per heavy atom. The van der Waals surface area contributed by atoms with Crippen LogP contribution in [0.25, 0.3) is 16.6 Å². The van der Waals surface area contributed by atoms with Crippen LogP contribution in [0.1, 0.15) is 32.6 Å². The minimum absolute atomic E-state index is 0.269. The fourth-order valence-electron chi connectivity index (χ4n) is 3.55. The summed E-state index contributed by atoms with van der Waals surface area (Å²) in [5.74, 6) is 0.269. The number of thiocarbonyl (C=S) groups is 1. The van der Waals surface area contributed by atoms with E-state index >= 15 is 0 Å². The van der Waals surface area contributed by atoms with Gasteiger partial charge in [0.2, 0.25) is 0 Å². The Balaban J connectivity index is 2.23. The molecule has 3 rings (SSSR count). The summed E-state index contributed by atoms with van der Waals surface area (Å²) in [5.41, 5.74) is 6.48. The number of aromatic nitrogens is 3. The number of aliphatic hydroxyl groups excluding tert-OH is 2. The van der Waals surface area contributed by atoms with Gasteiger partial charge in [0.25, 0.3) is 0 Å². The van der Waals surface area contributed by atoms with Gasteiger partial charge < -0.3 is 35.1 Å². The van der Waals surface area contributed by atoms with Gasteiger partial charge in [-0.25, -0.2) is 9.97 Å². The summed E-state index contributed by atoms with van der Waals surface area (Å²) in [6.45, 7) is 5.17. The highest BCUT2D eigenvalue weighted by atomic mass is 32.2. The summed E-state index contributed by atoms with van der Waals surface area (Å²) in [6.07, 6.45) is 2.04. The second-order valence-electron chi connectivity index (χ2n) is 7.20. The van der Waals surface area contributed by atoms with Gasteiger partial charge in [0.05, 0.1) is 18.6 Å². The van der Waals surface area contributed by atoms with E-state index in [9.17, 15) is 15.3 Å². The van der Waals surface area contributed by atoms with Crippen molar-refractivity contribution < 1.29 is 24.8 Å². The lowest BCUT2D eigenvalue weighted by Crippen LogP contribution is -2.44. The number of fused-ring (bicyclic) bond motifs is 1. The standard InChI is InChI=1S/C19H26N4O5S2/c1-5-27-12(29)6-9(2)10-7-23(16-13(10)15(20)21-18(22-16)30-4)17-19(3,26)14(25)11(8-24)28-17/h6-7,11,14,17,24-26H,5,8H2,1-4H3,(H2,20,21,22)/t11-,14-,17?,19+/m1/s1. The van der Waals surface area contributed by atoms with Crippen molar-refractivity contribution in [3.8, 4) is 0 Å². The molecule has 0 radical (unpaired) electrons. The Bertz CT molecular complexity index is 991. The fourth-order valence-corrected chi connectivity index (χ4v) is 4.21. The fraction of sp³-hybridized carbons (Fsp3) is 0.526. The van der Waals surface area contributed by atoms with E-state index in [4.69, 9.17) is 27.4 Å². The molecule has 11 heteroatoms. The molecule has 2 aromatic rings. The van der Waals surface area contributed by atoms with Crippen LogP contribution in [0.15, 0.2) is 17.4 Å². The third-order valence-electron chi connectivity index (χ3n) is 5.10. The second-order valence-corrected chi connectivity index (χ2v) is 8.38. The van der Waals surface area contributed by atoms with Crippen LogP contribution in [0.2, 0.25) is 0 Å². The van der Waals surface area contributed by atoms with Crippen molar-refractivity contribution in [2.45, 2.75) is 50.0 Å². The van der Waals surface area contributed by atoms with E-state index < -0.39 is 30.6 Å². The largest absolute Gasteiger partial charge is 0.484 e. The van der Waals surface area contributed by atoms with E-state index in [1.807, 2.05) is 20.1 Å². The quantitative estimate of drug-likeness (QED) is 0.220. The van der Waals surface area contributed by atoms with Crippen LogP contribution in [0.5, 0.6) is 0 Å². The minimum atomic E-state index is -1.67. The van der Waals surface area contributed by atoms with Gasteiger partial charge in [0.1, 0.15) is 29.3 Å². The van der Waals surface area contributed by atoms with Crippen LogP contribution in [0.4, 0.5) is 5.82 Å². The van der Waals surface area contributed by atoms with Gasteiger partial charge in [-0.3, -0.25) is 0 Å². The molecule has 1 aliphatic heterocycles. The number of rotatable bonds is 6. The van der Waals surface area contributed by atoms with Crippen molar-refractivity contribution in [1.29, 1.82) is 0 Å². The average Bonchev–Trinajstić information content (AvgIpc) is 3.17. The molecule has 2 aromatic heterocycles. The highest BCUT2D eigenvalue weighted by molar-refractivity contribution is 7.98. The number of ether oxygens (including phenoxy) is 2. The molecule has 9 nitrogen and oxygen atoms in total. The Labute approximate surface area is 183 Å². The first-order valence-corrected chi connectivity index (χ1v) is 11.0. The third-order valence-corrected chi connectivity index (χ3v) is 5.88. The number of hydrogen-bond acceptors (Lipinski definition) is 10. The topological polar surface area (TPSA) is 136 Å². The number of hydrogen-bond donors (Lipinski definition) is 4. The van der Waals surface area contributed by atoms with Crippen LogP contribution in [0, 0.1) is 0 Å². The molecule has 0 bridgehead atoms. The van der Waals surface area contributed by atoms with Crippen molar-refractivity contribution >= 4 is 51.5 Å². The molecule has 164 valence electrons. The van der Waals surface area contributed by atoms with Crippen LogP contribution < -0.4 is 5.73 Å². The molecule has 30 heavy (non-hydrogen) atoms. The number of thioether (sulfide) groups is 1. The first-order chi connectivity index (χ1) is 14.1. The van der Waals surface area contributed by atoms with E-state index in [1.54, 1.807) is 16.8 Å². The Kier molecular flexibility index (Phi) is 6.70. The maximum absolute atomic E-state index is 11.0. The predicted molar refractivity (Wildman–Crippen MR) is 119 cm³/mol. The number of anilines is 1. The Morgan fingerprint density at radius 2 is 2.20 bits per heavy atom. The SMILES string of the molecule is CCOC(=S)C=C(C)c1cn(C2O[C@H](CO)[C@@H](O)[C@]2(C)O)c2nc(SC)nc(N)c12. The lowest BCUT2D eigenvalue weighted by atomic mass is 9.96. The van der Waals surface area contributed by atoms with Crippen LogP contribution in [-0.4, -0.2) is 72.2 Å². The highest BCUT2D eigenvalue weighted by Gasteiger charge is 2.53. The van der Waals surface area contributed by atoms with Crippen molar-refractivity contribution in [2.75, 3.05) is 25.2 Å². The molecule has 3 heterocycles. The summed E-state index contributed by atoms with van der Waals surface area (Å²) in [6, 6.07) is 0. The Morgan fingerprint density at radius 3 is 2.77 bits per heavy atom. The first-order valence-electron chi connectivity index (χ1n) is 9.39. The van der Waals surface area contributed by atoms with Gasteiger partial charge >= 0.3 is 0 Å². The van der Waals surface area contributed by atoms with Gasteiger partial charge in [-0.2, -0.15) is 0 Å². The van der Waals surface area contributed by atoms with Crippen LogP contribution >= 0.6 is 24.0 Å². The molecule has 5 N–H and O–H groups in total. The molecule has 0 saturated carbocycles. The number of nitrogens with two attached hydrogens (primary N) is 1. The average molecular weight is 455 g/mol. The summed E-state index contributed by atoms with van der Waals surface area (Å²) >= 11 is 6.55. The zero-order valence-electron chi connectivity index (χ0n) is 17.2. The van der Waals surface area contributed by atoms with Gasteiger partial charge in [0.15, 0.2) is 16.4 Å². The maximum Gasteiger partial charge on any atom is 0.191 e. The van der Waals surface area contributed by atoms with Gasteiger partial charge in [0, 0.05) is 11.8 Å². The molecular formula is C19H26N4O5S2. The van der Waals surface area contributed by atoms with E-state index in [-0.39, 0.29) is 5.82 Å². The molecule has 1 saturated heterocycles. The summed E-state index contributed by atoms with van der Waals surface area (Å²) in [5, 5.41) is 32.2. The zero-order valence-corrected chi connectivity index (χ0v) is 18.8. The molecule has 0 spiro atoms. The molecule has 0 aromatic carbocycles. The Hall–Kier alpha value is -1.76. The van der Waals surface area contributed by atoms with E-state index in [0.717, 1.165) is 5.57 Å². The molecule has 0 amide bonds. The van der Waals surface area contributed by atoms with Crippen LogP contribution in [-0.2, 0) is 9.47 Å². The molecule has 4 atom stereocenters. The van der Waals surface area contributed by atoms with E-state index in [2.05, 4.69) is 9.97 Å². The van der Waals surface area contributed by atoms with Crippen molar-refractivity contribution in [3.63, 3.8) is 0 Å². The van der Waals surface area contributed by atoms with Gasteiger partial charge in [-0.15, -0.1) is 0 Å². The molecule has 0 aliphatic carbocycles. The number of aliphatic hydroxyl groups is 3. The van der Waals surface area contributed by atoms with Crippen molar-refractivity contribution in [1.82, 2.24) is 14.5 Å². The summed E-state index contributed by atoms with van der Waals surface area (Å²) in [7, 11) is 0. The van der Waals surface area contributed by atoms with Gasteiger partial charge in [-0.05, 0) is 50.9 Å². The normalized spacial score (nSPS) is 27.0. The van der Waals surface area contributed by atoms with Crippen molar-refractivity contribution in [3.05, 3.63) is 17.8 Å². The molecule has 1 aliphatic rings. The lowest BCUT2D eigenvalue weighted by molar-refractivity contribution is -0.0948. The summed E-state index contributed by atoms with van der Waals surface area (Å²) in [4.78, 5) is 8.90. The molecular weight excluding hydrogens is 428 g/mol. The smallest absolute Gasteiger partial charge is 0.191 e. The molecule has 1 unspecified atom stereocenters. The molecule has 1 fully saturated rings. The first kappa shape index (κ1) is 22.9.